The molecule has 0 fully saturated rings. The van der Waals surface area contributed by atoms with Crippen LogP contribution in [0.2, 0.25) is 10.3 Å². The first-order valence-corrected chi connectivity index (χ1v) is 7.39. The van der Waals surface area contributed by atoms with Gasteiger partial charge in [-0.1, -0.05) is 23.2 Å². The molecular weight excluding hydrogens is 309 g/mol. The summed E-state index contributed by atoms with van der Waals surface area (Å²) in [6.45, 7) is 1.68. The van der Waals surface area contributed by atoms with Gasteiger partial charge in [-0.25, -0.2) is 13.4 Å². The van der Waals surface area contributed by atoms with Crippen LogP contribution in [0.15, 0.2) is 35.5 Å². The molecule has 0 radical (unpaired) electrons. The number of halogens is 2. The van der Waals surface area contributed by atoms with E-state index < -0.39 is 10.0 Å². The van der Waals surface area contributed by atoms with E-state index in [1.165, 1.54) is 30.6 Å². The predicted molar refractivity (Wildman–Crippen MR) is 74.0 cm³/mol. The Morgan fingerprint density at radius 3 is 2.63 bits per heavy atom. The van der Waals surface area contributed by atoms with Gasteiger partial charge in [0.25, 0.3) is 10.0 Å². The molecule has 0 unspecified atom stereocenters. The summed E-state index contributed by atoms with van der Waals surface area (Å²) in [6, 6.07) is 4.49. The molecule has 0 aliphatic heterocycles. The molecule has 0 atom stereocenters. The van der Waals surface area contributed by atoms with Gasteiger partial charge >= 0.3 is 0 Å². The van der Waals surface area contributed by atoms with Crippen LogP contribution in [0.3, 0.4) is 0 Å². The summed E-state index contributed by atoms with van der Waals surface area (Å²) >= 11 is 11.6. The molecule has 2 aromatic rings. The van der Waals surface area contributed by atoms with Gasteiger partial charge in [-0.05, 0) is 30.7 Å². The summed E-state index contributed by atoms with van der Waals surface area (Å²) in [5, 5.41) is 0.198. The second-order valence-electron chi connectivity index (χ2n) is 3.72. The minimum atomic E-state index is -3.75. The van der Waals surface area contributed by atoms with Crippen LogP contribution in [-0.2, 0) is 10.0 Å². The maximum Gasteiger partial charge on any atom is 0.263 e. The molecule has 19 heavy (non-hydrogen) atoms. The van der Waals surface area contributed by atoms with E-state index in [-0.39, 0.29) is 20.9 Å². The summed E-state index contributed by atoms with van der Waals surface area (Å²) < 4.78 is 26.6. The lowest BCUT2D eigenvalue weighted by atomic mass is 10.3. The monoisotopic (exact) mass is 317 g/mol. The van der Waals surface area contributed by atoms with E-state index >= 15 is 0 Å². The highest BCUT2D eigenvalue weighted by Crippen LogP contribution is 2.28. The number of nitrogens with zero attached hydrogens (tertiary/aromatic N) is 2. The first-order valence-electron chi connectivity index (χ1n) is 5.15. The molecule has 100 valence electrons. The average Bonchev–Trinajstić information content (AvgIpc) is 2.35. The maximum atomic E-state index is 12.1. The zero-order chi connectivity index (χ0) is 14.0. The third kappa shape index (κ3) is 3.15. The smallest absolute Gasteiger partial charge is 0.263 e. The minimum absolute atomic E-state index is 0.00235. The first kappa shape index (κ1) is 14.0. The van der Waals surface area contributed by atoms with Crippen molar-refractivity contribution in [3.05, 3.63) is 46.5 Å². The van der Waals surface area contributed by atoms with Crippen LogP contribution in [0.5, 0.6) is 0 Å². The average molecular weight is 318 g/mol. The van der Waals surface area contributed by atoms with Crippen molar-refractivity contribution >= 4 is 38.9 Å². The van der Waals surface area contributed by atoms with Gasteiger partial charge in [-0.3, -0.25) is 9.71 Å². The third-order valence-electron chi connectivity index (χ3n) is 2.32. The Bertz CT molecular complexity index is 682. The van der Waals surface area contributed by atoms with Crippen molar-refractivity contribution < 1.29 is 8.42 Å². The van der Waals surface area contributed by atoms with Crippen LogP contribution < -0.4 is 4.72 Å². The Hall–Kier alpha value is -1.37. The summed E-state index contributed by atoms with van der Waals surface area (Å²) in [7, 11) is -3.75. The van der Waals surface area contributed by atoms with Gasteiger partial charge in [0.15, 0.2) is 5.15 Å². The van der Waals surface area contributed by atoms with Crippen LogP contribution in [0, 0.1) is 6.92 Å². The Morgan fingerprint density at radius 1 is 1.32 bits per heavy atom. The van der Waals surface area contributed by atoms with Gasteiger partial charge in [0.05, 0.1) is 5.69 Å². The van der Waals surface area contributed by atoms with Crippen LogP contribution >= 0.6 is 23.2 Å². The van der Waals surface area contributed by atoms with Gasteiger partial charge in [0.2, 0.25) is 0 Å². The number of pyridine rings is 2. The Labute approximate surface area is 120 Å². The fourth-order valence-corrected chi connectivity index (χ4v) is 3.15. The Balaban J connectivity index is 2.42. The summed E-state index contributed by atoms with van der Waals surface area (Å²) in [5.41, 5.74) is 0.785. The van der Waals surface area contributed by atoms with E-state index in [9.17, 15) is 8.42 Å². The normalized spacial score (nSPS) is 11.3. The Kier molecular flexibility index (Phi) is 3.93. The lowest BCUT2D eigenvalue weighted by Crippen LogP contribution is -2.14. The van der Waals surface area contributed by atoms with Gasteiger partial charge in [0.1, 0.15) is 10.0 Å². The number of sulfonamides is 1. The van der Waals surface area contributed by atoms with Crippen LogP contribution in [0.25, 0.3) is 0 Å². The highest BCUT2D eigenvalue weighted by Gasteiger charge is 2.18. The molecule has 2 heterocycles. The molecule has 0 amide bonds. The molecule has 2 aromatic heterocycles. The van der Waals surface area contributed by atoms with E-state index in [1.807, 2.05) is 0 Å². The van der Waals surface area contributed by atoms with Crippen LogP contribution in [-0.4, -0.2) is 18.4 Å². The van der Waals surface area contributed by atoms with E-state index in [0.29, 0.717) is 5.56 Å². The van der Waals surface area contributed by atoms with Crippen molar-refractivity contribution in [3.8, 4) is 0 Å². The topological polar surface area (TPSA) is 72.0 Å². The largest absolute Gasteiger partial charge is 0.276 e. The lowest BCUT2D eigenvalue weighted by molar-refractivity contribution is 0.600. The van der Waals surface area contributed by atoms with Crippen molar-refractivity contribution in [1.82, 2.24) is 9.97 Å². The minimum Gasteiger partial charge on any atom is -0.276 e. The number of hydrogen-bond donors (Lipinski definition) is 1. The quantitative estimate of drug-likeness (QED) is 0.883. The molecule has 0 aliphatic carbocycles. The standard InChI is InChI=1S/C11H9Cl2N3O2S/c1-7-5-9(12)15-11(13)10(7)16-19(17,18)8-3-2-4-14-6-8/h2-6,16H,1H3. The third-order valence-corrected chi connectivity index (χ3v) is 4.12. The number of hydrogen-bond acceptors (Lipinski definition) is 4. The lowest BCUT2D eigenvalue weighted by Gasteiger charge is -2.11. The fourth-order valence-electron chi connectivity index (χ4n) is 1.42. The highest BCUT2D eigenvalue weighted by molar-refractivity contribution is 7.92. The van der Waals surface area contributed by atoms with Crippen LogP contribution in [0.4, 0.5) is 5.69 Å². The zero-order valence-corrected chi connectivity index (χ0v) is 12.1. The molecule has 8 heteroatoms. The molecule has 0 spiro atoms. The number of aromatic nitrogens is 2. The summed E-state index contributed by atoms with van der Waals surface area (Å²) in [4.78, 5) is 7.61. The number of anilines is 1. The van der Waals surface area contributed by atoms with Crippen molar-refractivity contribution in [2.24, 2.45) is 0 Å². The van der Waals surface area contributed by atoms with Crippen molar-refractivity contribution in [2.75, 3.05) is 4.72 Å². The molecule has 2 rings (SSSR count). The molecule has 0 saturated carbocycles. The SMILES string of the molecule is Cc1cc(Cl)nc(Cl)c1NS(=O)(=O)c1cccnc1. The second-order valence-corrected chi connectivity index (χ2v) is 6.15. The van der Waals surface area contributed by atoms with E-state index in [4.69, 9.17) is 23.2 Å². The highest BCUT2D eigenvalue weighted by atomic mass is 35.5. The van der Waals surface area contributed by atoms with E-state index in [2.05, 4.69) is 14.7 Å². The predicted octanol–water partition coefficient (Wildman–Crippen LogP) is 2.89. The molecule has 0 saturated heterocycles. The van der Waals surface area contributed by atoms with Crippen molar-refractivity contribution in [1.29, 1.82) is 0 Å². The molecule has 0 aromatic carbocycles. The van der Waals surface area contributed by atoms with Crippen molar-refractivity contribution in [2.45, 2.75) is 11.8 Å². The maximum absolute atomic E-state index is 12.1. The summed E-state index contributed by atoms with van der Waals surface area (Å²) in [5.74, 6) is 0. The van der Waals surface area contributed by atoms with Gasteiger partial charge < -0.3 is 0 Å². The number of aryl methyl sites for hydroxylation is 1. The molecular formula is C11H9Cl2N3O2S. The fraction of sp³-hybridized carbons (Fsp3) is 0.0909. The number of rotatable bonds is 3. The van der Waals surface area contributed by atoms with Gasteiger partial charge in [-0.15, -0.1) is 0 Å². The molecule has 0 bridgehead atoms. The van der Waals surface area contributed by atoms with Crippen LogP contribution in [0.1, 0.15) is 5.56 Å². The zero-order valence-electron chi connectivity index (χ0n) is 9.76. The Morgan fingerprint density at radius 2 is 2.05 bits per heavy atom. The van der Waals surface area contributed by atoms with E-state index in [1.54, 1.807) is 6.92 Å². The molecule has 5 nitrogen and oxygen atoms in total. The van der Waals surface area contributed by atoms with Gasteiger partial charge in [0, 0.05) is 12.4 Å². The number of nitrogens with one attached hydrogen (secondary N) is 1. The van der Waals surface area contributed by atoms with Crippen molar-refractivity contribution in [3.63, 3.8) is 0 Å². The summed E-state index contributed by atoms with van der Waals surface area (Å²) in [6.07, 6.45) is 2.73. The second kappa shape index (κ2) is 5.32. The molecule has 0 aliphatic rings. The van der Waals surface area contributed by atoms with E-state index in [0.717, 1.165) is 0 Å². The molecule has 1 N–H and O–H groups in total. The first-order chi connectivity index (χ1) is 8.90. The van der Waals surface area contributed by atoms with Gasteiger partial charge in [-0.2, -0.15) is 0 Å².